The van der Waals surface area contributed by atoms with Crippen LogP contribution in [0.4, 0.5) is 5.82 Å². The molecule has 1 aromatic carbocycles. The molecule has 2 aromatic heterocycles. The number of aromatic nitrogens is 4. The highest BCUT2D eigenvalue weighted by molar-refractivity contribution is 8.13. The molecular formula is C30H38N7O19P3S-4. The van der Waals surface area contributed by atoms with Crippen molar-refractivity contribution >= 4 is 74.9 Å². The number of carbonyl (C=O) groups excluding carboxylic acids is 4. The number of nitrogens with two attached hydrogens (primary N) is 1. The van der Waals surface area contributed by atoms with E-state index in [0.29, 0.717) is 0 Å². The summed E-state index contributed by atoms with van der Waals surface area (Å²) in [6, 6.07) is 5.74. The number of nitrogens with zero attached hydrogens (tertiary/aromatic N) is 4. The molecule has 7 N–H and O–H groups in total. The Labute approximate surface area is 343 Å². The lowest BCUT2D eigenvalue weighted by molar-refractivity contribution is -0.347. The predicted molar refractivity (Wildman–Crippen MR) is 195 cm³/mol. The first-order valence-corrected chi connectivity index (χ1v) is 22.6. The van der Waals surface area contributed by atoms with Gasteiger partial charge in [0.05, 0.1) is 39.3 Å². The number of phenolic OH excluding ortho intramolecular Hbond substituents is 1. The number of phenols is 1. The lowest BCUT2D eigenvalue weighted by Gasteiger charge is -2.36. The molecule has 0 bridgehead atoms. The summed E-state index contributed by atoms with van der Waals surface area (Å²) in [5.41, 5.74) is 4.00. The van der Waals surface area contributed by atoms with Crippen molar-refractivity contribution in [1.82, 2.24) is 30.2 Å². The van der Waals surface area contributed by atoms with Crippen LogP contribution in [0.2, 0.25) is 0 Å². The van der Waals surface area contributed by atoms with Crippen LogP contribution < -0.4 is 35.9 Å². The third-order valence-electron chi connectivity index (χ3n) is 8.25. The van der Waals surface area contributed by atoms with Crippen LogP contribution in [-0.4, -0.2) is 114 Å². The van der Waals surface area contributed by atoms with Gasteiger partial charge >= 0.3 is 0 Å². The van der Waals surface area contributed by atoms with E-state index in [9.17, 15) is 67.8 Å². The summed E-state index contributed by atoms with van der Waals surface area (Å²) in [4.78, 5) is 108. The minimum atomic E-state index is -5.94. The fraction of sp³-hybridized carbons (Fsp3) is 0.500. The molecule has 332 valence electrons. The van der Waals surface area contributed by atoms with Crippen LogP contribution in [0.25, 0.3) is 11.2 Å². The van der Waals surface area contributed by atoms with E-state index in [1.807, 2.05) is 0 Å². The molecule has 2 amide bonds. The van der Waals surface area contributed by atoms with Gasteiger partial charge in [0.1, 0.15) is 42.0 Å². The Morgan fingerprint density at radius 2 is 1.72 bits per heavy atom. The van der Waals surface area contributed by atoms with Gasteiger partial charge in [0.15, 0.2) is 28.6 Å². The van der Waals surface area contributed by atoms with E-state index in [2.05, 4.69) is 43.5 Å². The Hall–Kier alpha value is -3.75. The first-order valence-electron chi connectivity index (χ1n) is 17.2. The molecule has 3 aromatic rings. The second-order valence-electron chi connectivity index (χ2n) is 13.3. The van der Waals surface area contributed by atoms with E-state index >= 15 is 0 Å². The number of hydrogen-bond donors (Lipinski definition) is 6. The van der Waals surface area contributed by atoms with Gasteiger partial charge in [-0.05, 0) is 12.1 Å². The topological polar surface area (TPSA) is 412 Å². The highest BCUT2D eigenvalue weighted by Crippen LogP contribution is 2.56. The summed E-state index contributed by atoms with van der Waals surface area (Å²) in [6.45, 7) is -0.261. The van der Waals surface area contributed by atoms with Crippen molar-refractivity contribution in [3.63, 3.8) is 0 Å². The minimum absolute atomic E-state index is 0.00303. The lowest BCUT2D eigenvalue weighted by Crippen LogP contribution is -2.46. The number of rotatable bonds is 22. The molecule has 3 heterocycles. The number of benzene rings is 1. The number of para-hydroxylation sites is 1. The van der Waals surface area contributed by atoms with Gasteiger partial charge in [0, 0.05) is 30.7 Å². The number of phosphoric ester groups is 3. The van der Waals surface area contributed by atoms with E-state index in [1.54, 1.807) is 0 Å². The van der Waals surface area contributed by atoms with Gasteiger partial charge < -0.3 is 74.1 Å². The summed E-state index contributed by atoms with van der Waals surface area (Å²) >= 11 is 0.785. The van der Waals surface area contributed by atoms with Crippen LogP contribution in [-0.2, 0) is 50.7 Å². The monoisotopic (exact) mass is 925 g/mol. The van der Waals surface area contributed by atoms with Gasteiger partial charge in [-0.1, -0.05) is 37.7 Å². The van der Waals surface area contributed by atoms with E-state index in [-0.39, 0.29) is 53.6 Å². The molecule has 4 rings (SSSR count). The normalized spacial score (nSPS) is 20.9. The number of fused-ring (bicyclic) bond motifs is 1. The predicted octanol–water partition coefficient (Wildman–Crippen LogP) is -2.88. The molecule has 0 radical (unpaired) electrons. The zero-order chi connectivity index (χ0) is 44.6. The SMILES string of the molecule is CC(C)(COP(=O)([O-])OP(=O)([O-])OC[C@H]1O[C@@H](n2cnc3c(N)ncnc32)[C@H](O)[C@@H]1OP(=O)([O-])[O-])[C@@H](O)C(=O)NCCC(=O)NCCSC(=O)CC(=O)c1ccccc1O. The lowest BCUT2D eigenvalue weighted by atomic mass is 9.87. The highest BCUT2D eigenvalue weighted by Gasteiger charge is 2.47. The first-order chi connectivity index (χ1) is 27.9. The Bertz CT molecular complexity index is 2190. The maximum absolute atomic E-state index is 12.6. The molecule has 2 unspecified atom stereocenters. The number of hydrogen-bond acceptors (Lipinski definition) is 24. The van der Waals surface area contributed by atoms with Crippen LogP contribution in [0.3, 0.4) is 0 Å². The van der Waals surface area contributed by atoms with Crippen molar-refractivity contribution < 1.29 is 90.4 Å². The van der Waals surface area contributed by atoms with E-state index in [1.165, 1.54) is 38.1 Å². The average Bonchev–Trinajstić information content (AvgIpc) is 3.71. The van der Waals surface area contributed by atoms with Crippen molar-refractivity contribution in [1.29, 1.82) is 0 Å². The number of ether oxygens (including phenoxy) is 1. The number of amides is 2. The standard InChI is InChI=1S/C30H42N7O19P3S/c1-30(2,25(43)28(44)33-8-7-20(40)32-9-10-60-21(41)11-18(39)16-5-3-4-6-17(16)38)13-53-59(50,51)56-58(48,49)52-12-19-24(55-57(45,46)47)23(42)29(54-19)37-15-36-22-26(31)34-14-35-27(22)37/h3-6,14-15,19,23-25,29,38,42-43H,7-13H2,1-2H3,(H,32,40)(H,33,44)(H,48,49)(H,50,51)(H2,31,34,35)(H2,45,46,47)/p-4/t19-,23-,24-,25+,29-/m1/s1. The molecule has 1 fully saturated rings. The molecule has 60 heavy (non-hydrogen) atoms. The van der Waals surface area contributed by atoms with E-state index < -0.39 is 102 Å². The fourth-order valence-electron chi connectivity index (χ4n) is 5.26. The van der Waals surface area contributed by atoms with Crippen molar-refractivity contribution in [3.05, 3.63) is 42.5 Å². The number of anilines is 1. The van der Waals surface area contributed by atoms with Crippen molar-refractivity contribution in [2.75, 3.05) is 37.8 Å². The maximum Gasteiger partial charge on any atom is 0.274 e. The number of phosphoric acid groups is 3. The first kappa shape index (κ1) is 48.9. The van der Waals surface area contributed by atoms with Crippen molar-refractivity contribution in [3.8, 4) is 5.75 Å². The number of aliphatic hydroxyl groups excluding tert-OH is 2. The number of nitrogen functional groups attached to an aromatic ring is 1. The zero-order valence-corrected chi connectivity index (χ0v) is 34.8. The molecule has 0 saturated carbocycles. The number of thioether (sulfide) groups is 1. The van der Waals surface area contributed by atoms with Crippen LogP contribution >= 0.6 is 35.2 Å². The molecule has 0 aliphatic carbocycles. The Morgan fingerprint density at radius 3 is 2.40 bits per heavy atom. The minimum Gasteiger partial charge on any atom is -0.790 e. The molecular weight excluding hydrogens is 887 g/mol. The second-order valence-corrected chi connectivity index (χ2v) is 18.5. The second kappa shape index (κ2) is 20.4. The molecule has 1 saturated heterocycles. The average molecular weight is 926 g/mol. The summed E-state index contributed by atoms with van der Waals surface area (Å²) in [6.07, 6.45) is -8.28. The molecule has 30 heteroatoms. The summed E-state index contributed by atoms with van der Waals surface area (Å²) in [5.74, 6) is -2.43. The summed E-state index contributed by atoms with van der Waals surface area (Å²) < 4.78 is 60.5. The quantitative estimate of drug-likeness (QED) is 0.0255. The van der Waals surface area contributed by atoms with Gasteiger partial charge in [0.25, 0.3) is 15.6 Å². The van der Waals surface area contributed by atoms with Gasteiger partial charge in [-0.2, -0.15) is 0 Å². The summed E-state index contributed by atoms with van der Waals surface area (Å²) in [5, 5.41) is 35.3. The Balaban J connectivity index is 1.20. The third kappa shape index (κ3) is 13.9. The largest absolute Gasteiger partial charge is 0.790 e. The van der Waals surface area contributed by atoms with Crippen LogP contribution in [0.15, 0.2) is 36.9 Å². The number of Topliss-reactive ketones (excluding diaryl/α,β-unsaturated/α-hetero) is 1. The van der Waals surface area contributed by atoms with E-state index in [4.69, 9.17) is 10.5 Å². The van der Waals surface area contributed by atoms with Gasteiger partial charge in [-0.3, -0.25) is 32.9 Å². The zero-order valence-electron chi connectivity index (χ0n) is 31.3. The third-order valence-corrected chi connectivity index (χ3v) is 12.1. The highest BCUT2D eigenvalue weighted by atomic mass is 32.2. The Kier molecular flexibility index (Phi) is 16.6. The molecule has 1 aliphatic heterocycles. The fourth-order valence-corrected chi connectivity index (χ4v) is 8.66. The molecule has 7 atom stereocenters. The van der Waals surface area contributed by atoms with Gasteiger partial charge in [-0.25, -0.2) is 19.3 Å². The van der Waals surface area contributed by atoms with Gasteiger partial charge in [-0.15, -0.1) is 0 Å². The number of nitrogens with one attached hydrogen (secondary N) is 2. The van der Waals surface area contributed by atoms with Crippen LogP contribution in [0.5, 0.6) is 5.75 Å². The van der Waals surface area contributed by atoms with Crippen LogP contribution in [0.1, 0.15) is 43.3 Å². The summed E-state index contributed by atoms with van der Waals surface area (Å²) in [7, 11) is -17.7. The number of aromatic hydroxyl groups is 1. The molecule has 1 aliphatic rings. The molecule has 26 nitrogen and oxygen atoms in total. The van der Waals surface area contributed by atoms with Crippen molar-refractivity contribution in [2.45, 2.75) is 57.3 Å². The number of carbonyl (C=O) groups is 4. The molecule has 0 spiro atoms. The smallest absolute Gasteiger partial charge is 0.274 e. The number of imidazole rings is 1. The van der Waals surface area contributed by atoms with Gasteiger partial charge in [0.2, 0.25) is 11.8 Å². The Morgan fingerprint density at radius 1 is 1.03 bits per heavy atom. The van der Waals surface area contributed by atoms with Crippen LogP contribution in [0, 0.1) is 5.41 Å². The maximum atomic E-state index is 12.6. The number of ketones is 1. The van der Waals surface area contributed by atoms with Crippen molar-refractivity contribution in [2.24, 2.45) is 5.41 Å². The number of aliphatic hydroxyl groups is 2. The van der Waals surface area contributed by atoms with E-state index in [0.717, 1.165) is 29.0 Å².